The molecule has 1 aromatic heterocycles. The number of hydrogen-bond donors (Lipinski definition) is 1. The highest BCUT2D eigenvalue weighted by Gasteiger charge is 2.17. The minimum absolute atomic E-state index is 0.141. The minimum atomic E-state index is 0.141. The van der Waals surface area contributed by atoms with Crippen molar-refractivity contribution in [3.8, 4) is 0 Å². The van der Waals surface area contributed by atoms with E-state index in [9.17, 15) is 0 Å². The standard InChI is InChI=1S/C18H26N2O/c1-18(2,3)19-12-14-6-4-8-17-16(14)9-10-20(17)13-15-7-5-11-21-15/h4,6,8-10,15,19H,5,7,11-13H2,1-3H3. The average Bonchev–Trinajstić information content (AvgIpc) is 3.06. The van der Waals surface area contributed by atoms with E-state index in [1.54, 1.807) is 0 Å². The molecule has 1 aromatic carbocycles. The van der Waals surface area contributed by atoms with Crippen LogP contribution in [-0.2, 0) is 17.8 Å². The summed E-state index contributed by atoms with van der Waals surface area (Å²) in [6, 6.07) is 8.83. The van der Waals surface area contributed by atoms with Gasteiger partial charge in [0.05, 0.1) is 6.10 Å². The van der Waals surface area contributed by atoms with Gasteiger partial charge in [0.2, 0.25) is 0 Å². The van der Waals surface area contributed by atoms with Crippen molar-refractivity contribution in [2.75, 3.05) is 6.61 Å². The molecule has 1 fully saturated rings. The smallest absolute Gasteiger partial charge is 0.0754 e. The van der Waals surface area contributed by atoms with Crippen molar-refractivity contribution >= 4 is 10.9 Å². The lowest BCUT2D eigenvalue weighted by atomic mass is 10.1. The molecule has 0 saturated carbocycles. The molecule has 21 heavy (non-hydrogen) atoms. The number of ether oxygens (including phenoxy) is 1. The van der Waals surface area contributed by atoms with Gasteiger partial charge in [-0.1, -0.05) is 12.1 Å². The molecule has 1 N–H and O–H groups in total. The van der Waals surface area contributed by atoms with E-state index in [1.807, 2.05) is 0 Å². The highest BCUT2D eigenvalue weighted by Crippen LogP contribution is 2.23. The summed E-state index contributed by atoms with van der Waals surface area (Å²) in [7, 11) is 0. The third kappa shape index (κ3) is 3.47. The quantitative estimate of drug-likeness (QED) is 0.927. The van der Waals surface area contributed by atoms with E-state index in [0.717, 1.165) is 19.7 Å². The van der Waals surface area contributed by atoms with Crippen molar-refractivity contribution < 1.29 is 4.74 Å². The zero-order valence-electron chi connectivity index (χ0n) is 13.4. The molecule has 1 saturated heterocycles. The van der Waals surface area contributed by atoms with Gasteiger partial charge in [-0.15, -0.1) is 0 Å². The summed E-state index contributed by atoms with van der Waals surface area (Å²) >= 11 is 0. The molecule has 3 heteroatoms. The Morgan fingerprint density at radius 3 is 2.86 bits per heavy atom. The molecule has 2 heterocycles. The van der Waals surface area contributed by atoms with Gasteiger partial charge in [-0.05, 0) is 51.3 Å². The summed E-state index contributed by atoms with van der Waals surface area (Å²) < 4.78 is 8.10. The Morgan fingerprint density at radius 1 is 1.29 bits per heavy atom. The first-order valence-electron chi connectivity index (χ1n) is 7.96. The van der Waals surface area contributed by atoms with E-state index in [-0.39, 0.29) is 5.54 Å². The van der Waals surface area contributed by atoms with E-state index in [1.165, 1.54) is 29.3 Å². The fraction of sp³-hybridized carbons (Fsp3) is 0.556. The first kappa shape index (κ1) is 14.6. The summed E-state index contributed by atoms with van der Waals surface area (Å²) in [6.07, 6.45) is 4.97. The Morgan fingerprint density at radius 2 is 2.14 bits per heavy atom. The van der Waals surface area contributed by atoms with Gasteiger partial charge in [0.15, 0.2) is 0 Å². The third-order valence-electron chi connectivity index (χ3n) is 4.14. The molecule has 1 aliphatic heterocycles. The largest absolute Gasteiger partial charge is 0.376 e. The molecule has 0 amide bonds. The van der Waals surface area contributed by atoms with Gasteiger partial charge in [-0.3, -0.25) is 0 Å². The van der Waals surface area contributed by atoms with Crippen LogP contribution in [0.3, 0.4) is 0 Å². The first-order valence-corrected chi connectivity index (χ1v) is 7.96. The van der Waals surface area contributed by atoms with Crippen molar-refractivity contribution in [2.24, 2.45) is 0 Å². The van der Waals surface area contributed by atoms with Gasteiger partial charge < -0.3 is 14.6 Å². The van der Waals surface area contributed by atoms with Crippen molar-refractivity contribution in [3.63, 3.8) is 0 Å². The molecular weight excluding hydrogens is 260 g/mol. The number of rotatable bonds is 4. The van der Waals surface area contributed by atoms with Gasteiger partial charge in [0, 0.05) is 42.3 Å². The maximum Gasteiger partial charge on any atom is 0.0754 e. The number of benzene rings is 1. The number of nitrogens with zero attached hydrogens (tertiary/aromatic N) is 1. The molecule has 3 rings (SSSR count). The summed E-state index contributed by atoms with van der Waals surface area (Å²) in [6.45, 7) is 9.41. The Labute approximate surface area is 127 Å². The predicted octanol–water partition coefficient (Wildman–Crippen LogP) is 3.71. The zero-order valence-corrected chi connectivity index (χ0v) is 13.4. The molecule has 0 bridgehead atoms. The maximum absolute atomic E-state index is 5.76. The van der Waals surface area contributed by atoms with Crippen LogP contribution in [0.1, 0.15) is 39.2 Å². The summed E-state index contributed by atoms with van der Waals surface area (Å²) in [5.41, 5.74) is 2.83. The van der Waals surface area contributed by atoms with E-state index < -0.39 is 0 Å². The summed E-state index contributed by atoms with van der Waals surface area (Å²) in [5, 5.41) is 4.93. The van der Waals surface area contributed by atoms with Crippen LogP contribution in [0.5, 0.6) is 0 Å². The number of fused-ring (bicyclic) bond motifs is 1. The zero-order chi connectivity index (χ0) is 14.9. The second-order valence-corrected chi connectivity index (χ2v) is 7.06. The fourth-order valence-corrected chi connectivity index (χ4v) is 2.97. The Hall–Kier alpha value is -1.32. The molecule has 0 spiro atoms. The molecule has 0 aliphatic carbocycles. The van der Waals surface area contributed by atoms with Gasteiger partial charge >= 0.3 is 0 Å². The van der Waals surface area contributed by atoms with Crippen LogP contribution in [0, 0.1) is 0 Å². The van der Waals surface area contributed by atoms with Gasteiger partial charge in [-0.2, -0.15) is 0 Å². The Kier molecular flexibility index (Phi) is 4.05. The van der Waals surface area contributed by atoms with Crippen LogP contribution in [-0.4, -0.2) is 22.8 Å². The van der Waals surface area contributed by atoms with Crippen molar-refractivity contribution in [1.82, 2.24) is 9.88 Å². The van der Waals surface area contributed by atoms with Crippen LogP contribution in [0.2, 0.25) is 0 Å². The lowest BCUT2D eigenvalue weighted by Gasteiger charge is -2.21. The SMILES string of the molecule is CC(C)(C)NCc1cccc2c1ccn2CC1CCCO1. The van der Waals surface area contributed by atoms with Crippen LogP contribution in [0.15, 0.2) is 30.5 Å². The van der Waals surface area contributed by atoms with Crippen LogP contribution < -0.4 is 5.32 Å². The van der Waals surface area contributed by atoms with Crippen LogP contribution in [0.4, 0.5) is 0 Å². The van der Waals surface area contributed by atoms with E-state index >= 15 is 0 Å². The van der Waals surface area contributed by atoms with E-state index in [0.29, 0.717) is 6.10 Å². The molecule has 0 radical (unpaired) electrons. The van der Waals surface area contributed by atoms with Gasteiger partial charge in [0.25, 0.3) is 0 Å². The number of nitrogens with one attached hydrogen (secondary N) is 1. The highest BCUT2D eigenvalue weighted by atomic mass is 16.5. The fourth-order valence-electron chi connectivity index (χ4n) is 2.97. The van der Waals surface area contributed by atoms with E-state index in [4.69, 9.17) is 4.74 Å². The first-order chi connectivity index (χ1) is 10.0. The molecular formula is C18H26N2O. The lowest BCUT2D eigenvalue weighted by molar-refractivity contribution is 0.0980. The van der Waals surface area contributed by atoms with Crippen molar-refractivity contribution in [3.05, 3.63) is 36.0 Å². The summed E-state index contributed by atoms with van der Waals surface area (Å²) in [5.74, 6) is 0. The molecule has 1 aliphatic rings. The summed E-state index contributed by atoms with van der Waals surface area (Å²) in [4.78, 5) is 0. The predicted molar refractivity (Wildman–Crippen MR) is 87.5 cm³/mol. The van der Waals surface area contributed by atoms with Gasteiger partial charge in [-0.25, -0.2) is 0 Å². The Balaban J connectivity index is 1.81. The van der Waals surface area contributed by atoms with Crippen LogP contribution >= 0.6 is 0 Å². The number of aromatic nitrogens is 1. The molecule has 2 aromatic rings. The van der Waals surface area contributed by atoms with Crippen molar-refractivity contribution in [2.45, 2.75) is 58.3 Å². The normalized spacial score (nSPS) is 19.5. The van der Waals surface area contributed by atoms with Crippen LogP contribution in [0.25, 0.3) is 10.9 Å². The molecule has 1 unspecified atom stereocenters. The van der Waals surface area contributed by atoms with E-state index in [2.05, 4.69) is 61.1 Å². The minimum Gasteiger partial charge on any atom is -0.376 e. The Bertz CT molecular complexity index is 603. The second kappa shape index (κ2) is 5.82. The molecule has 114 valence electrons. The molecule has 3 nitrogen and oxygen atoms in total. The number of hydrogen-bond acceptors (Lipinski definition) is 2. The van der Waals surface area contributed by atoms with Crippen molar-refractivity contribution in [1.29, 1.82) is 0 Å². The lowest BCUT2D eigenvalue weighted by Crippen LogP contribution is -2.35. The average molecular weight is 286 g/mol. The van der Waals surface area contributed by atoms with Gasteiger partial charge in [0.1, 0.15) is 0 Å². The maximum atomic E-state index is 5.76. The topological polar surface area (TPSA) is 26.2 Å². The third-order valence-corrected chi connectivity index (χ3v) is 4.14. The second-order valence-electron chi connectivity index (χ2n) is 7.06. The highest BCUT2D eigenvalue weighted by molar-refractivity contribution is 5.83. The molecule has 1 atom stereocenters. The monoisotopic (exact) mass is 286 g/mol.